The van der Waals surface area contributed by atoms with Crippen LogP contribution in [-0.2, 0) is 11.3 Å². The standard InChI is InChI=1S/C13H19N5O3/c1-8(19)9-5-6-10-15-16-11(18(10)17-9)7-14-12(20)21-13(2,3)4/h5-6,8,19H,7H2,1-4H3,(H,14,20)/t8-/m0/s1. The minimum absolute atomic E-state index is 0.131. The highest BCUT2D eigenvalue weighted by molar-refractivity contribution is 5.67. The number of ether oxygens (including phenoxy) is 1. The van der Waals surface area contributed by atoms with E-state index in [4.69, 9.17) is 4.74 Å². The molecule has 0 aliphatic heterocycles. The molecule has 0 unspecified atom stereocenters. The Kier molecular flexibility index (Phi) is 4.08. The molecule has 0 aliphatic carbocycles. The van der Waals surface area contributed by atoms with Crippen LogP contribution < -0.4 is 5.32 Å². The predicted octanol–water partition coefficient (Wildman–Crippen LogP) is 1.20. The zero-order chi connectivity index (χ0) is 15.6. The molecule has 0 saturated heterocycles. The van der Waals surface area contributed by atoms with Crippen LogP contribution in [0.5, 0.6) is 0 Å². The van der Waals surface area contributed by atoms with Gasteiger partial charge >= 0.3 is 6.09 Å². The highest BCUT2D eigenvalue weighted by Gasteiger charge is 2.17. The van der Waals surface area contributed by atoms with Gasteiger partial charge in [-0.1, -0.05) is 0 Å². The zero-order valence-electron chi connectivity index (χ0n) is 12.5. The molecule has 2 aromatic rings. The van der Waals surface area contributed by atoms with Crippen LogP contribution in [0, 0.1) is 0 Å². The number of nitrogens with one attached hydrogen (secondary N) is 1. The summed E-state index contributed by atoms with van der Waals surface area (Å²) in [5.74, 6) is 0.457. The Labute approximate surface area is 122 Å². The van der Waals surface area contributed by atoms with E-state index >= 15 is 0 Å². The Bertz CT molecular complexity index is 645. The van der Waals surface area contributed by atoms with Gasteiger partial charge < -0.3 is 15.2 Å². The minimum atomic E-state index is -0.691. The van der Waals surface area contributed by atoms with Crippen molar-refractivity contribution >= 4 is 11.7 Å². The Morgan fingerprint density at radius 3 is 2.76 bits per heavy atom. The number of carbonyl (C=O) groups is 1. The predicted molar refractivity (Wildman–Crippen MR) is 74.5 cm³/mol. The second-order valence-corrected chi connectivity index (χ2v) is 5.68. The molecule has 0 fully saturated rings. The van der Waals surface area contributed by atoms with Gasteiger partial charge in [0, 0.05) is 0 Å². The summed E-state index contributed by atoms with van der Waals surface area (Å²) in [6, 6.07) is 3.39. The average molecular weight is 293 g/mol. The van der Waals surface area contributed by atoms with Gasteiger partial charge in [-0.2, -0.15) is 9.61 Å². The summed E-state index contributed by atoms with van der Waals surface area (Å²) in [5, 5.41) is 24.3. The number of rotatable bonds is 3. The number of nitrogens with zero attached hydrogens (tertiary/aromatic N) is 4. The summed E-state index contributed by atoms with van der Waals surface area (Å²) in [4.78, 5) is 11.6. The minimum Gasteiger partial charge on any atom is -0.444 e. The number of aliphatic hydroxyl groups is 1. The molecule has 0 bridgehead atoms. The summed E-state index contributed by atoms with van der Waals surface area (Å²) in [7, 11) is 0. The lowest BCUT2D eigenvalue weighted by Gasteiger charge is -2.19. The van der Waals surface area contributed by atoms with Gasteiger partial charge in [0.25, 0.3) is 0 Å². The van der Waals surface area contributed by atoms with Crippen LogP contribution in [-0.4, -0.2) is 36.6 Å². The first kappa shape index (κ1) is 15.2. The Hall–Kier alpha value is -2.22. The normalized spacial score (nSPS) is 13.2. The number of amides is 1. The van der Waals surface area contributed by atoms with Crippen molar-refractivity contribution in [3.8, 4) is 0 Å². The smallest absolute Gasteiger partial charge is 0.408 e. The van der Waals surface area contributed by atoms with Gasteiger partial charge in [0.05, 0.1) is 18.3 Å². The Morgan fingerprint density at radius 2 is 2.14 bits per heavy atom. The molecule has 2 heterocycles. The fourth-order valence-electron chi connectivity index (χ4n) is 1.65. The van der Waals surface area contributed by atoms with Gasteiger partial charge in [0.15, 0.2) is 11.5 Å². The van der Waals surface area contributed by atoms with Crippen LogP contribution in [0.3, 0.4) is 0 Å². The summed E-state index contributed by atoms with van der Waals surface area (Å²) >= 11 is 0. The van der Waals surface area contributed by atoms with E-state index in [9.17, 15) is 9.90 Å². The second kappa shape index (κ2) is 5.65. The van der Waals surface area contributed by atoms with E-state index in [0.29, 0.717) is 17.2 Å². The van der Waals surface area contributed by atoms with Gasteiger partial charge in [-0.15, -0.1) is 10.2 Å². The van der Waals surface area contributed by atoms with Crippen molar-refractivity contribution < 1.29 is 14.6 Å². The lowest BCUT2D eigenvalue weighted by Crippen LogP contribution is -2.32. The third kappa shape index (κ3) is 3.88. The first-order valence-electron chi connectivity index (χ1n) is 6.62. The number of carbonyl (C=O) groups excluding carboxylic acids is 1. The van der Waals surface area contributed by atoms with E-state index in [1.807, 2.05) is 0 Å². The monoisotopic (exact) mass is 293 g/mol. The Balaban J connectivity index is 2.12. The molecule has 8 nitrogen and oxygen atoms in total. The van der Waals surface area contributed by atoms with Gasteiger partial charge in [0.1, 0.15) is 5.60 Å². The summed E-state index contributed by atoms with van der Waals surface area (Å²) in [6.45, 7) is 7.12. The van der Waals surface area contributed by atoms with Crippen molar-refractivity contribution in [1.29, 1.82) is 0 Å². The second-order valence-electron chi connectivity index (χ2n) is 5.68. The largest absolute Gasteiger partial charge is 0.444 e. The molecule has 0 radical (unpaired) electrons. The molecule has 1 atom stereocenters. The molecule has 21 heavy (non-hydrogen) atoms. The maximum Gasteiger partial charge on any atom is 0.408 e. The van der Waals surface area contributed by atoms with Crippen molar-refractivity contribution in [3.05, 3.63) is 23.7 Å². The SMILES string of the molecule is C[C@H](O)c1ccc2nnc(CNC(=O)OC(C)(C)C)n2n1. The third-order valence-corrected chi connectivity index (χ3v) is 2.57. The van der Waals surface area contributed by atoms with E-state index in [-0.39, 0.29) is 6.54 Å². The molecule has 0 saturated carbocycles. The lowest BCUT2D eigenvalue weighted by atomic mass is 10.2. The summed E-state index contributed by atoms with van der Waals surface area (Å²) in [6.07, 6.45) is -1.23. The maximum absolute atomic E-state index is 11.6. The molecule has 2 N–H and O–H groups in total. The number of aromatic nitrogens is 4. The summed E-state index contributed by atoms with van der Waals surface area (Å²) in [5.41, 5.74) is 0.482. The maximum atomic E-state index is 11.6. The number of fused-ring (bicyclic) bond motifs is 1. The lowest BCUT2D eigenvalue weighted by molar-refractivity contribution is 0.0522. The highest BCUT2D eigenvalue weighted by Crippen LogP contribution is 2.10. The topological polar surface area (TPSA) is 102 Å². The molecule has 1 amide bonds. The van der Waals surface area contributed by atoms with Gasteiger partial charge in [-0.3, -0.25) is 0 Å². The third-order valence-electron chi connectivity index (χ3n) is 2.57. The molecule has 2 aromatic heterocycles. The quantitative estimate of drug-likeness (QED) is 0.881. The molecule has 2 rings (SSSR count). The van der Waals surface area contributed by atoms with E-state index < -0.39 is 17.8 Å². The number of alkyl carbamates (subject to hydrolysis) is 1. The molecular formula is C13H19N5O3. The van der Waals surface area contributed by atoms with E-state index in [0.717, 1.165) is 0 Å². The number of hydrogen-bond donors (Lipinski definition) is 2. The fourth-order valence-corrected chi connectivity index (χ4v) is 1.65. The van der Waals surface area contributed by atoms with Crippen LogP contribution in [0.25, 0.3) is 5.65 Å². The van der Waals surface area contributed by atoms with Crippen molar-refractivity contribution in [2.24, 2.45) is 0 Å². The van der Waals surface area contributed by atoms with E-state index in [1.54, 1.807) is 39.8 Å². The van der Waals surface area contributed by atoms with Crippen molar-refractivity contribution in [1.82, 2.24) is 25.1 Å². The Morgan fingerprint density at radius 1 is 1.43 bits per heavy atom. The molecule has 0 spiro atoms. The van der Waals surface area contributed by atoms with Crippen LogP contribution in [0.15, 0.2) is 12.1 Å². The fraction of sp³-hybridized carbons (Fsp3) is 0.538. The van der Waals surface area contributed by atoms with Crippen molar-refractivity contribution in [2.45, 2.75) is 45.9 Å². The van der Waals surface area contributed by atoms with Gasteiger partial charge in [0.2, 0.25) is 0 Å². The average Bonchev–Trinajstić information content (AvgIpc) is 2.76. The molecule has 0 aliphatic rings. The van der Waals surface area contributed by atoms with Crippen molar-refractivity contribution in [3.63, 3.8) is 0 Å². The van der Waals surface area contributed by atoms with Crippen LogP contribution in [0.1, 0.15) is 45.3 Å². The molecule has 8 heteroatoms. The van der Waals surface area contributed by atoms with Gasteiger partial charge in [-0.25, -0.2) is 4.79 Å². The molecular weight excluding hydrogens is 274 g/mol. The van der Waals surface area contributed by atoms with E-state index in [2.05, 4.69) is 20.6 Å². The van der Waals surface area contributed by atoms with Crippen molar-refractivity contribution in [2.75, 3.05) is 0 Å². The number of aliphatic hydroxyl groups excluding tert-OH is 1. The number of hydrogen-bond acceptors (Lipinski definition) is 6. The van der Waals surface area contributed by atoms with Crippen LogP contribution in [0.2, 0.25) is 0 Å². The first-order valence-corrected chi connectivity index (χ1v) is 6.62. The highest BCUT2D eigenvalue weighted by atomic mass is 16.6. The molecule has 0 aromatic carbocycles. The van der Waals surface area contributed by atoms with Gasteiger partial charge in [-0.05, 0) is 39.8 Å². The summed E-state index contributed by atoms with van der Waals surface area (Å²) < 4.78 is 6.63. The van der Waals surface area contributed by atoms with Crippen LogP contribution >= 0.6 is 0 Å². The first-order chi connectivity index (χ1) is 9.76. The van der Waals surface area contributed by atoms with Crippen LogP contribution in [0.4, 0.5) is 4.79 Å². The molecule has 114 valence electrons. The van der Waals surface area contributed by atoms with E-state index in [1.165, 1.54) is 4.52 Å². The zero-order valence-corrected chi connectivity index (χ0v) is 12.5.